The summed E-state index contributed by atoms with van der Waals surface area (Å²) in [5.74, 6) is 0.466. The van der Waals surface area contributed by atoms with Crippen LogP contribution in [0.15, 0.2) is 16.7 Å². The lowest BCUT2D eigenvalue weighted by molar-refractivity contribution is 0.0935. The van der Waals surface area contributed by atoms with E-state index in [0.717, 1.165) is 42.8 Å². The van der Waals surface area contributed by atoms with Gasteiger partial charge in [-0.2, -0.15) is 0 Å². The molecule has 1 N–H and O–H groups in total. The first-order chi connectivity index (χ1) is 8.70. The van der Waals surface area contributed by atoms with E-state index in [2.05, 4.69) is 28.2 Å². The van der Waals surface area contributed by atoms with Crippen LogP contribution >= 0.6 is 15.9 Å². The zero-order chi connectivity index (χ0) is 13.0. The Balaban J connectivity index is 1.94. The van der Waals surface area contributed by atoms with Crippen molar-refractivity contribution in [3.63, 3.8) is 0 Å². The van der Waals surface area contributed by atoms with Crippen LogP contribution < -0.4 is 5.32 Å². The molecule has 1 saturated heterocycles. The van der Waals surface area contributed by atoms with Crippen LogP contribution in [0.3, 0.4) is 0 Å². The number of aryl methyl sites for hydroxylation is 1. The molecule has 1 aromatic rings. The summed E-state index contributed by atoms with van der Waals surface area (Å²) in [5.41, 5.74) is 0.725. The van der Waals surface area contributed by atoms with Gasteiger partial charge < -0.3 is 14.6 Å². The van der Waals surface area contributed by atoms with Crippen LogP contribution in [0.2, 0.25) is 0 Å². The van der Waals surface area contributed by atoms with Crippen molar-refractivity contribution in [1.29, 1.82) is 0 Å². The van der Waals surface area contributed by atoms with Crippen molar-refractivity contribution in [3.05, 3.63) is 22.4 Å². The highest BCUT2D eigenvalue weighted by Gasteiger charge is 2.18. The first-order valence-corrected chi connectivity index (χ1v) is 7.21. The summed E-state index contributed by atoms with van der Waals surface area (Å²) in [6.45, 7) is 5.25. The van der Waals surface area contributed by atoms with Gasteiger partial charge in [-0.05, 0) is 34.8 Å². The van der Waals surface area contributed by atoms with Crippen molar-refractivity contribution in [3.8, 4) is 0 Å². The topological polar surface area (TPSA) is 43.3 Å². The molecule has 100 valence electrons. The molecule has 1 aliphatic heterocycles. The first-order valence-electron chi connectivity index (χ1n) is 6.42. The fraction of sp³-hybridized carbons (Fsp3) is 0.615. The molecule has 0 aromatic carbocycles. The maximum atomic E-state index is 12.1. The number of amides is 1. The van der Waals surface area contributed by atoms with Crippen molar-refractivity contribution in [1.82, 2.24) is 9.88 Å². The lowest BCUT2D eigenvalue weighted by atomic mass is 10.1. The maximum Gasteiger partial charge on any atom is 0.267 e. The number of nitrogens with zero attached hydrogens (tertiary/aromatic N) is 1. The molecule has 1 aromatic heterocycles. The van der Waals surface area contributed by atoms with Crippen LogP contribution in [0.1, 0.15) is 30.3 Å². The maximum absolute atomic E-state index is 12.1. The summed E-state index contributed by atoms with van der Waals surface area (Å²) >= 11 is 3.42. The van der Waals surface area contributed by atoms with Gasteiger partial charge in [0.25, 0.3) is 5.91 Å². The van der Waals surface area contributed by atoms with Crippen molar-refractivity contribution in [2.24, 2.45) is 5.92 Å². The Kier molecular flexibility index (Phi) is 4.83. The number of nitrogens with one attached hydrogen (secondary N) is 1. The highest BCUT2D eigenvalue weighted by molar-refractivity contribution is 9.10. The van der Waals surface area contributed by atoms with Crippen LogP contribution in [0.4, 0.5) is 0 Å². The first kappa shape index (κ1) is 13.6. The van der Waals surface area contributed by atoms with Crippen molar-refractivity contribution >= 4 is 21.8 Å². The molecule has 18 heavy (non-hydrogen) atoms. The van der Waals surface area contributed by atoms with Crippen LogP contribution in [-0.4, -0.2) is 30.2 Å². The van der Waals surface area contributed by atoms with Gasteiger partial charge in [0.05, 0.1) is 6.61 Å². The second kappa shape index (κ2) is 6.38. The Hall–Kier alpha value is -0.810. The average molecular weight is 315 g/mol. The number of hydrogen-bond donors (Lipinski definition) is 1. The summed E-state index contributed by atoms with van der Waals surface area (Å²) in [6.07, 6.45) is 4.01. The number of carbonyl (C=O) groups excluding carboxylic acids is 1. The number of rotatable bonds is 5. The standard InChI is InChI=1S/C13H19BrN2O2/c1-2-4-16-8-11(14)6-12(16)13(17)15-7-10-3-5-18-9-10/h6,8,10H,2-5,7,9H2,1H3,(H,15,17). The van der Waals surface area contributed by atoms with E-state index in [1.54, 1.807) is 0 Å². The van der Waals surface area contributed by atoms with Crippen LogP contribution in [0.5, 0.6) is 0 Å². The molecule has 1 amide bonds. The number of aromatic nitrogens is 1. The van der Waals surface area contributed by atoms with Crippen LogP contribution in [-0.2, 0) is 11.3 Å². The Labute approximate surface area is 116 Å². The van der Waals surface area contributed by atoms with Gasteiger partial charge in [-0.15, -0.1) is 0 Å². The largest absolute Gasteiger partial charge is 0.381 e. The number of ether oxygens (including phenoxy) is 1. The van der Waals surface area contributed by atoms with Crippen LogP contribution in [0.25, 0.3) is 0 Å². The molecule has 2 heterocycles. The second-order valence-corrected chi connectivity index (χ2v) is 5.59. The molecule has 0 aliphatic carbocycles. The monoisotopic (exact) mass is 314 g/mol. The highest BCUT2D eigenvalue weighted by atomic mass is 79.9. The molecule has 1 aliphatic rings. The van der Waals surface area contributed by atoms with Gasteiger partial charge in [0, 0.05) is 36.3 Å². The van der Waals surface area contributed by atoms with E-state index in [1.165, 1.54) is 0 Å². The highest BCUT2D eigenvalue weighted by Crippen LogP contribution is 2.16. The van der Waals surface area contributed by atoms with Gasteiger partial charge in [0.2, 0.25) is 0 Å². The van der Waals surface area contributed by atoms with E-state index in [0.29, 0.717) is 12.5 Å². The summed E-state index contributed by atoms with van der Waals surface area (Å²) in [5, 5.41) is 2.99. The fourth-order valence-corrected chi connectivity index (χ4v) is 2.63. The Morgan fingerprint density at radius 1 is 1.67 bits per heavy atom. The van der Waals surface area contributed by atoms with E-state index in [9.17, 15) is 4.79 Å². The zero-order valence-electron chi connectivity index (χ0n) is 10.6. The smallest absolute Gasteiger partial charge is 0.267 e. The van der Waals surface area contributed by atoms with E-state index in [1.807, 2.05) is 16.8 Å². The van der Waals surface area contributed by atoms with Crippen LogP contribution in [0, 0.1) is 5.92 Å². The third-order valence-electron chi connectivity index (χ3n) is 3.14. The lowest BCUT2D eigenvalue weighted by Gasteiger charge is -2.11. The molecule has 0 spiro atoms. The van der Waals surface area contributed by atoms with Crippen molar-refractivity contribution < 1.29 is 9.53 Å². The minimum atomic E-state index is 0.000972. The van der Waals surface area contributed by atoms with E-state index >= 15 is 0 Å². The summed E-state index contributed by atoms with van der Waals surface area (Å²) in [7, 11) is 0. The second-order valence-electron chi connectivity index (χ2n) is 4.68. The van der Waals surface area contributed by atoms with Crippen molar-refractivity contribution in [2.45, 2.75) is 26.3 Å². The molecule has 5 heteroatoms. The quantitative estimate of drug-likeness (QED) is 0.907. The fourth-order valence-electron chi connectivity index (χ4n) is 2.16. The van der Waals surface area contributed by atoms with E-state index < -0.39 is 0 Å². The molecular weight excluding hydrogens is 296 g/mol. The molecule has 1 unspecified atom stereocenters. The Morgan fingerprint density at radius 2 is 2.50 bits per heavy atom. The molecule has 4 nitrogen and oxygen atoms in total. The predicted octanol–water partition coefficient (Wildman–Crippen LogP) is 2.43. The third kappa shape index (κ3) is 3.36. The van der Waals surface area contributed by atoms with E-state index in [4.69, 9.17) is 4.74 Å². The van der Waals surface area contributed by atoms with Crippen molar-refractivity contribution in [2.75, 3.05) is 19.8 Å². The Morgan fingerprint density at radius 3 is 3.17 bits per heavy atom. The summed E-state index contributed by atoms with van der Waals surface area (Å²) in [4.78, 5) is 12.1. The number of carbonyl (C=O) groups is 1. The summed E-state index contributed by atoms with van der Waals surface area (Å²) in [6, 6.07) is 1.87. The van der Waals surface area contributed by atoms with Gasteiger partial charge in [-0.25, -0.2) is 0 Å². The molecular formula is C13H19BrN2O2. The van der Waals surface area contributed by atoms with Gasteiger partial charge in [0.1, 0.15) is 5.69 Å². The Bertz CT molecular complexity index is 411. The molecule has 0 saturated carbocycles. The average Bonchev–Trinajstić information content (AvgIpc) is 2.96. The minimum absolute atomic E-state index is 0.000972. The van der Waals surface area contributed by atoms with E-state index in [-0.39, 0.29) is 5.91 Å². The predicted molar refractivity (Wildman–Crippen MR) is 73.7 cm³/mol. The summed E-state index contributed by atoms with van der Waals surface area (Å²) < 4.78 is 8.24. The van der Waals surface area contributed by atoms with Gasteiger partial charge in [0.15, 0.2) is 0 Å². The van der Waals surface area contributed by atoms with Gasteiger partial charge >= 0.3 is 0 Å². The SMILES string of the molecule is CCCn1cc(Br)cc1C(=O)NCC1CCOC1. The molecule has 1 atom stereocenters. The normalized spacial score (nSPS) is 19.1. The molecule has 2 rings (SSSR count). The third-order valence-corrected chi connectivity index (χ3v) is 3.57. The van der Waals surface area contributed by atoms with Gasteiger partial charge in [-0.3, -0.25) is 4.79 Å². The minimum Gasteiger partial charge on any atom is -0.381 e. The number of hydrogen-bond acceptors (Lipinski definition) is 2. The van der Waals surface area contributed by atoms with Gasteiger partial charge in [-0.1, -0.05) is 6.92 Å². The molecule has 0 radical (unpaired) electrons. The zero-order valence-corrected chi connectivity index (χ0v) is 12.2. The lowest BCUT2D eigenvalue weighted by Crippen LogP contribution is -2.31. The number of halogens is 1. The molecule has 1 fully saturated rings. The molecule has 0 bridgehead atoms.